The van der Waals surface area contributed by atoms with Crippen molar-refractivity contribution in [3.63, 3.8) is 0 Å². The molecular weight excluding hydrogens is 318 g/mol. The van der Waals surface area contributed by atoms with Crippen LogP contribution in [0.25, 0.3) is 16.7 Å². The zero-order chi connectivity index (χ0) is 17.1. The van der Waals surface area contributed by atoms with Gasteiger partial charge in [0.25, 0.3) is 5.69 Å². The normalized spacial score (nSPS) is 10.3. The number of nitrogen functional groups attached to an aromatic ring is 1. The Hall–Kier alpha value is -2.67. The predicted molar refractivity (Wildman–Crippen MR) is 91.0 cm³/mol. The van der Waals surface area contributed by atoms with Crippen molar-refractivity contribution in [2.24, 2.45) is 0 Å². The van der Waals surface area contributed by atoms with Crippen molar-refractivity contribution in [1.82, 2.24) is 14.5 Å². The van der Waals surface area contributed by atoms with Crippen LogP contribution in [0.4, 0.5) is 11.5 Å². The van der Waals surface area contributed by atoms with E-state index in [0.29, 0.717) is 27.7 Å². The molecule has 0 aliphatic carbocycles. The number of nitrogens with zero attached hydrogens (tertiary/aromatic N) is 4. The van der Waals surface area contributed by atoms with Gasteiger partial charge in [-0.1, -0.05) is 31.5 Å². The third kappa shape index (κ3) is 2.83. The molecule has 0 saturated carbocycles. The number of non-ortho nitro benzene ring substituents is 1. The number of benzene rings is 1. The van der Waals surface area contributed by atoms with E-state index in [9.17, 15) is 10.1 Å². The zero-order valence-electron chi connectivity index (χ0n) is 12.9. The Morgan fingerprint density at radius 2 is 2.00 bits per heavy atom. The topological polar surface area (TPSA) is 99.9 Å². The molecule has 0 fully saturated rings. The molecule has 120 valence electrons. The van der Waals surface area contributed by atoms with Crippen LogP contribution in [0.15, 0.2) is 30.6 Å². The van der Waals surface area contributed by atoms with Gasteiger partial charge in [-0.25, -0.2) is 9.97 Å². The van der Waals surface area contributed by atoms with Crippen molar-refractivity contribution in [3.05, 3.63) is 51.4 Å². The summed E-state index contributed by atoms with van der Waals surface area (Å²) in [5.74, 6) is 0.323. The lowest BCUT2D eigenvalue weighted by atomic mass is 10.2. The molecule has 0 spiro atoms. The lowest BCUT2D eigenvalue weighted by Gasteiger charge is -2.06. The number of aromatic nitrogens is 3. The Kier molecular flexibility index (Phi) is 4.80. The first-order chi connectivity index (χ1) is 11.0. The highest BCUT2D eigenvalue weighted by molar-refractivity contribution is 6.32. The molecule has 0 amide bonds. The van der Waals surface area contributed by atoms with Gasteiger partial charge in [0, 0.05) is 12.1 Å². The minimum Gasteiger partial charge on any atom is -0.383 e. The fraction of sp³-hybridized carbons (Fsp3) is 0.200. The molecule has 8 heteroatoms. The van der Waals surface area contributed by atoms with E-state index in [2.05, 4.69) is 9.97 Å². The van der Waals surface area contributed by atoms with Crippen molar-refractivity contribution in [2.45, 2.75) is 20.8 Å². The maximum Gasteiger partial charge on any atom is 0.271 e. The highest BCUT2D eigenvalue weighted by Gasteiger charge is 2.19. The monoisotopic (exact) mass is 333 g/mol. The maximum absolute atomic E-state index is 10.9. The van der Waals surface area contributed by atoms with Crippen molar-refractivity contribution in [3.8, 4) is 5.69 Å². The average molecular weight is 334 g/mol. The van der Waals surface area contributed by atoms with E-state index in [1.807, 2.05) is 13.8 Å². The van der Waals surface area contributed by atoms with Gasteiger partial charge in [0.05, 0.1) is 16.0 Å². The van der Waals surface area contributed by atoms with Gasteiger partial charge in [0.15, 0.2) is 5.65 Å². The number of nitro benzene ring substituents is 1. The summed E-state index contributed by atoms with van der Waals surface area (Å²) in [6.45, 7) is 5.80. The molecule has 2 N–H and O–H groups in total. The second-order valence-electron chi connectivity index (χ2n) is 4.49. The summed E-state index contributed by atoms with van der Waals surface area (Å²) in [5, 5.41) is 12.0. The first kappa shape index (κ1) is 16.7. The summed E-state index contributed by atoms with van der Waals surface area (Å²) in [6.07, 6.45) is 1.33. The second kappa shape index (κ2) is 6.62. The van der Waals surface area contributed by atoms with Gasteiger partial charge >= 0.3 is 0 Å². The molecule has 1 aromatic carbocycles. The Bertz CT molecular complexity index is 876. The van der Waals surface area contributed by atoms with Gasteiger partial charge in [-0.2, -0.15) is 0 Å². The molecule has 0 unspecified atom stereocenters. The average Bonchev–Trinajstić information content (AvgIpc) is 2.82. The second-order valence-corrected chi connectivity index (χ2v) is 4.84. The largest absolute Gasteiger partial charge is 0.383 e. The summed E-state index contributed by atoms with van der Waals surface area (Å²) in [5.41, 5.74) is 7.64. The summed E-state index contributed by atoms with van der Waals surface area (Å²) >= 11 is 6.34. The standard InChI is InChI=1S/C13H10ClN5O2.C2H6/c1-7-10-12(15)16-6-17-13(10)18(11(7)14)8-3-2-4-9(5-8)19(20)21;1-2/h2-6H,1H3,(H2,15,16,17);1-2H3. The molecule has 2 heterocycles. The summed E-state index contributed by atoms with van der Waals surface area (Å²) in [4.78, 5) is 18.6. The number of halogens is 1. The summed E-state index contributed by atoms with van der Waals surface area (Å²) in [7, 11) is 0. The van der Waals surface area contributed by atoms with Crippen LogP contribution in [0.3, 0.4) is 0 Å². The molecule has 23 heavy (non-hydrogen) atoms. The molecular formula is C15H16ClN5O2. The number of hydrogen-bond donors (Lipinski definition) is 1. The fourth-order valence-electron chi connectivity index (χ4n) is 2.26. The molecule has 0 radical (unpaired) electrons. The van der Waals surface area contributed by atoms with Crippen LogP contribution in [-0.2, 0) is 0 Å². The van der Waals surface area contributed by atoms with E-state index in [-0.39, 0.29) is 5.69 Å². The minimum atomic E-state index is -0.459. The Balaban J connectivity index is 0.000000924. The van der Waals surface area contributed by atoms with Gasteiger partial charge < -0.3 is 5.73 Å². The third-order valence-corrected chi connectivity index (χ3v) is 3.70. The van der Waals surface area contributed by atoms with Crippen molar-refractivity contribution in [2.75, 3.05) is 5.73 Å². The zero-order valence-corrected chi connectivity index (χ0v) is 13.7. The van der Waals surface area contributed by atoms with Gasteiger partial charge in [-0.3, -0.25) is 14.7 Å². The maximum atomic E-state index is 10.9. The molecule has 3 aromatic rings. The number of hydrogen-bond acceptors (Lipinski definition) is 5. The lowest BCUT2D eigenvalue weighted by Crippen LogP contribution is -1.98. The van der Waals surface area contributed by atoms with Crippen LogP contribution in [0, 0.1) is 17.0 Å². The van der Waals surface area contributed by atoms with E-state index < -0.39 is 4.92 Å². The van der Waals surface area contributed by atoms with Crippen molar-refractivity contribution < 1.29 is 4.92 Å². The number of nitrogens with two attached hydrogens (primary N) is 1. The molecule has 7 nitrogen and oxygen atoms in total. The number of aryl methyl sites for hydroxylation is 1. The van der Waals surface area contributed by atoms with Crippen LogP contribution >= 0.6 is 11.6 Å². The smallest absolute Gasteiger partial charge is 0.271 e. The van der Waals surface area contributed by atoms with Crippen LogP contribution in [0.2, 0.25) is 5.15 Å². The molecule has 2 aromatic heterocycles. The minimum absolute atomic E-state index is 0.0231. The number of rotatable bonds is 2. The number of nitro groups is 1. The van der Waals surface area contributed by atoms with Crippen LogP contribution < -0.4 is 5.73 Å². The number of anilines is 1. The van der Waals surface area contributed by atoms with E-state index in [1.165, 1.54) is 18.5 Å². The first-order valence-corrected chi connectivity index (χ1v) is 7.40. The summed E-state index contributed by atoms with van der Waals surface area (Å²) < 4.78 is 1.62. The van der Waals surface area contributed by atoms with E-state index >= 15 is 0 Å². The predicted octanol–water partition coefficient (Wildman–Crippen LogP) is 3.90. The SMILES string of the molecule is CC.Cc1c(Cl)n(-c2cccc([N+](=O)[O-])c2)c2ncnc(N)c12. The molecule has 0 saturated heterocycles. The van der Waals surface area contributed by atoms with E-state index in [0.717, 1.165) is 5.56 Å². The Morgan fingerprint density at radius 1 is 1.30 bits per heavy atom. The van der Waals surface area contributed by atoms with Gasteiger partial charge in [0.1, 0.15) is 17.3 Å². The van der Waals surface area contributed by atoms with Gasteiger partial charge in [0.2, 0.25) is 0 Å². The summed E-state index contributed by atoms with van der Waals surface area (Å²) in [6, 6.07) is 6.16. The van der Waals surface area contributed by atoms with Crippen LogP contribution in [0.1, 0.15) is 19.4 Å². The van der Waals surface area contributed by atoms with E-state index in [1.54, 1.807) is 23.6 Å². The van der Waals surface area contributed by atoms with E-state index in [4.69, 9.17) is 17.3 Å². The Morgan fingerprint density at radius 3 is 2.65 bits per heavy atom. The molecule has 0 aliphatic rings. The highest BCUT2D eigenvalue weighted by atomic mass is 35.5. The lowest BCUT2D eigenvalue weighted by molar-refractivity contribution is -0.384. The molecule has 0 aliphatic heterocycles. The first-order valence-electron chi connectivity index (χ1n) is 7.02. The quantitative estimate of drug-likeness (QED) is 0.566. The van der Waals surface area contributed by atoms with Crippen molar-refractivity contribution in [1.29, 1.82) is 0 Å². The Labute approximate surface area is 137 Å². The molecule has 3 rings (SSSR count). The third-order valence-electron chi connectivity index (χ3n) is 3.25. The molecule has 0 bridgehead atoms. The van der Waals surface area contributed by atoms with Gasteiger partial charge in [-0.15, -0.1) is 0 Å². The fourth-order valence-corrected chi connectivity index (χ4v) is 2.54. The number of fused-ring (bicyclic) bond motifs is 1. The van der Waals surface area contributed by atoms with Crippen molar-refractivity contribution >= 4 is 34.1 Å². The van der Waals surface area contributed by atoms with Crippen LogP contribution in [0.5, 0.6) is 0 Å². The molecule has 0 atom stereocenters. The highest BCUT2D eigenvalue weighted by Crippen LogP contribution is 2.34. The van der Waals surface area contributed by atoms with Gasteiger partial charge in [-0.05, 0) is 18.6 Å². The van der Waals surface area contributed by atoms with Crippen LogP contribution in [-0.4, -0.2) is 19.5 Å².